The van der Waals surface area contributed by atoms with Crippen LogP contribution in [0.3, 0.4) is 0 Å². The molecule has 0 radical (unpaired) electrons. The van der Waals surface area contributed by atoms with Crippen LogP contribution in [0.1, 0.15) is 46.0 Å². The first kappa shape index (κ1) is 13.8. The molecule has 0 aliphatic heterocycles. The maximum Gasteiger partial charge on any atom is 0.323 e. The number of hydrogen-bond donors (Lipinski definition) is 3. The number of hydrazine groups is 1. The lowest BCUT2D eigenvalue weighted by Gasteiger charge is -2.34. The summed E-state index contributed by atoms with van der Waals surface area (Å²) in [7, 11) is 0. The van der Waals surface area contributed by atoms with Crippen molar-refractivity contribution < 1.29 is 4.74 Å². The molecule has 1 saturated carbocycles. The molecule has 19 heavy (non-hydrogen) atoms. The van der Waals surface area contributed by atoms with Crippen LogP contribution in [0.15, 0.2) is 0 Å². The predicted molar refractivity (Wildman–Crippen MR) is 73.9 cm³/mol. The highest BCUT2D eigenvalue weighted by Gasteiger charge is 2.27. The summed E-state index contributed by atoms with van der Waals surface area (Å²) in [6, 6.07) is 0.285. The largest absolute Gasteiger partial charge is 0.464 e. The number of nitrogen functional groups attached to an aromatic ring is 1. The van der Waals surface area contributed by atoms with Crippen LogP contribution in [0.4, 0.5) is 11.9 Å². The normalized spacial score (nSPS) is 17.8. The van der Waals surface area contributed by atoms with Gasteiger partial charge < -0.3 is 10.1 Å². The van der Waals surface area contributed by atoms with Gasteiger partial charge in [0.1, 0.15) is 0 Å². The quantitative estimate of drug-likeness (QED) is 0.551. The van der Waals surface area contributed by atoms with Crippen LogP contribution in [0.25, 0.3) is 0 Å². The average molecular weight is 266 g/mol. The molecule has 0 aromatic carbocycles. The van der Waals surface area contributed by atoms with E-state index in [0.717, 1.165) is 12.8 Å². The van der Waals surface area contributed by atoms with Gasteiger partial charge in [0.05, 0.1) is 6.61 Å². The smallest absolute Gasteiger partial charge is 0.323 e. The van der Waals surface area contributed by atoms with Crippen molar-refractivity contribution in [2.75, 3.05) is 17.3 Å². The van der Waals surface area contributed by atoms with E-state index in [2.05, 4.69) is 32.6 Å². The Bertz CT molecular complexity index is 419. The molecule has 1 aromatic rings. The second kappa shape index (κ2) is 6.01. The van der Waals surface area contributed by atoms with E-state index in [1.54, 1.807) is 0 Å². The Balaban J connectivity index is 2.16. The van der Waals surface area contributed by atoms with E-state index in [0.29, 0.717) is 18.5 Å². The van der Waals surface area contributed by atoms with Gasteiger partial charge in [-0.1, -0.05) is 19.3 Å². The maximum absolute atomic E-state index is 5.36. The van der Waals surface area contributed by atoms with Crippen molar-refractivity contribution in [3.8, 4) is 6.01 Å². The number of hydrogen-bond acceptors (Lipinski definition) is 7. The van der Waals surface area contributed by atoms with Crippen molar-refractivity contribution >= 4 is 11.9 Å². The van der Waals surface area contributed by atoms with E-state index in [1.165, 1.54) is 19.3 Å². The second-order valence-electron chi connectivity index (χ2n) is 5.09. The number of aromatic nitrogens is 3. The van der Waals surface area contributed by atoms with E-state index in [1.807, 2.05) is 6.92 Å². The first-order valence-electron chi connectivity index (χ1n) is 6.79. The molecular formula is C12H22N6O. The molecule has 0 bridgehead atoms. The number of nitrogens with two attached hydrogens (primary N) is 1. The van der Waals surface area contributed by atoms with E-state index in [4.69, 9.17) is 10.6 Å². The molecule has 106 valence electrons. The highest BCUT2D eigenvalue weighted by molar-refractivity contribution is 5.37. The van der Waals surface area contributed by atoms with Crippen LogP contribution in [0.5, 0.6) is 6.01 Å². The molecule has 1 aliphatic carbocycles. The number of ether oxygens (including phenoxy) is 1. The summed E-state index contributed by atoms with van der Waals surface area (Å²) in [5.41, 5.74) is 2.47. The predicted octanol–water partition coefficient (Wildman–Crippen LogP) is 1.69. The molecule has 0 spiro atoms. The van der Waals surface area contributed by atoms with E-state index >= 15 is 0 Å². The third kappa shape index (κ3) is 3.66. The SMILES string of the molecule is CCOc1nc(NN)nc(NC2(C)CCCCC2)n1. The fraction of sp³-hybridized carbons (Fsp3) is 0.750. The molecule has 1 aromatic heterocycles. The van der Waals surface area contributed by atoms with Gasteiger partial charge in [-0.05, 0) is 26.7 Å². The van der Waals surface area contributed by atoms with E-state index in [9.17, 15) is 0 Å². The molecule has 7 heteroatoms. The molecule has 4 N–H and O–H groups in total. The lowest BCUT2D eigenvalue weighted by Crippen LogP contribution is -2.37. The minimum absolute atomic E-state index is 0.0367. The molecule has 0 unspecified atom stereocenters. The number of rotatable bonds is 5. The van der Waals surface area contributed by atoms with Gasteiger partial charge in [-0.15, -0.1) is 0 Å². The van der Waals surface area contributed by atoms with E-state index in [-0.39, 0.29) is 11.5 Å². The Labute approximate surface area is 113 Å². The number of nitrogens with zero attached hydrogens (tertiary/aromatic N) is 3. The summed E-state index contributed by atoms with van der Waals surface area (Å²) in [5, 5.41) is 3.39. The standard InChI is InChI=1S/C12H22N6O/c1-3-19-11-15-9(14-10(16-11)18-13)17-12(2)7-5-4-6-8-12/h3-8,13H2,1-2H3,(H2,14,15,16,17,18). The summed E-state index contributed by atoms with van der Waals surface area (Å²) in [4.78, 5) is 12.5. The van der Waals surface area contributed by atoms with Crippen LogP contribution in [-0.4, -0.2) is 27.1 Å². The average Bonchev–Trinajstić information content (AvgIpc) is 2.39. The highest BCUT2D eigenvalue weighted by Crippen LogP contribution is 2.30. The molecule has 0 saturated heterocycles. The van der Waals surface area contributed by atoms with Crippen LogP contribution < -0.4 is 21.3 Å². The summed E-state index contributed by atoms with van der Waals surface area (Å²) in [6.45, 7) is 4.59. The molecular weight excluding hydrogens is 244 g/mol. The minimum atomic E-state index is 0.0367. The fourth-order valence-electron chi connectivity index (χ4n) is 2.40. The number of nitrogens with one attached hydrogen (secondary N) is 2. The van der Waals surface area contributed by atoms with Gasteiger partial charge in [0.15, 0.2) is 0 Å². The van der Waals surface area contributed by atoms with Crippen molar-refractivity contribution in [1.82, 2.24) is 15.0 Å². The third-order valence-corrected chi connectivity index (χ3v) is 3.39. The van der Waals surface area contributed by atoms with Crippen LogP contribution >= 0.6 is 0 Å². The zero-order valence-electron chi connectivity index (χ0n) is 11.6. The fourth-order valence-corrected chi connectivity index (χ4v) is 2.40. The van der Waals surface area contributed by atoms with Gasteiger partial charge in [0, 0.05) is 5.54 Å². The highest BCUT2D eigenvalue weighted by atomic mass is 16.5. The van der Waals surface area contributed by atoms with Crippen LogP contribution in [0.2, 0.25) is 0 Å². The van der Waals surface area contributed by atoms with Gasteiger partial charge in [-0.2, -0.15) is 15.0 Å². The first-order chi connectivity index (χ1) is 9.15. The first-order valence-corrected chi connectivity index (χ1v) is 6.79. The summed E-state index contributed by atoms with van der Waals surface area (Å²) in [6.07, 6.45) is 6.00. The summed E-state index contributed by atoms with van der Waals surface area (Å²) in [5.74, 6) is 6.18. The van der Waals surface area contributed by atoms with Crippen molar-refractivity contribution in [3.63, 3.8) is 0 Å². The van der Waals surface area contributed by atoms with Crippen molar-refractivity contribution in [2.45, 2.75) is 51.5 Å². The van der Waals surface area contributed by atoms with Gasteiger partial charge in [0.2, 0.25) is 11.9 Å². The van der Waals surface area contributed by atoms with Crippen molar-refractivity contribution in [1.29, 1.82) is 0 Å². The van der Waals surface area contributed by atoms with Crippen LogP contribution in [-0.2, 0) is 0 Å². The topological polar surface area (TPSA) is 98.0 Å². The Kier molecular flexibility index (Phi) is 4.36. The zero-order chi connectivity index (χ0) is 13.7. The lowest BCUT2D eigenvalue weighted by molar-refractivity contribution is 0.310. The van der Waals surface area contributed by atoms with Gasteiger partial charge in [0.25, 0.3) is 0 Å². The molecule has 0 atom stereocenters. The second-order valence-corrected chi connectivity index (χ2v) is 5.09. The number of anilines is 2. The third-order valence-electron chi connectivity index (χ3n) is 3.39. The molecule has 1 heterocycles. The Morgan fingerprint density at radius 1 is 1.16 bits per heavy atom. The Morgan fingerprint density at radius 3 is 2.47 bits per heavy atom. The zero-order valence-corrected chi connectivity index (χ0v) is 11.6. The summed E-state index contributed by atoms with van der Waals surface area (Å²) < 4.78 is 5.31. The minimum Gasteiger partial charge on any atom is -0.464 e. The van der Waals surface area contributed by atoms with Crippen LogP contribution in [0, 0.1) is 0 Å². The molecule has 2 rings (SSSR count). The molecule has 1 fully saturated rings. The molecule has 1 aliphatic rings. The monoisotopic (exact) mass is 266 g/mol. The van der Waals surface area contributed by atoms with Crippen molar-refractivity contribution in [3.05, 3.63) is 0 Å². The lowest BCUT2D eigenvalue weighted by atomic mass is 9.83. The molecule has 7 nitrogen and oxygen atoms in total. The summed E-state index contributed by atoms with van der Waals surface area (Å²) >= 11 is 0. The van der Waals surface area contributed by atoms with E-state index < -0.39 is 0 Å². The Morgan fingerprint density at radius 2 is 1.84 bits per heavy atom. The van der Waals surface area contributed by atoms with Gasteiger partial charge >= 0.3 is 6.01 Å². The van der Waals surface area contributed by atoms with Gasteiger partial charge in [-0.25, -0.2) is 5.84 Å². The Hall–Kier alpha value is -1.63. The van der Waals surface area contributed by atoms with Crippen molar-refractivity contribution in [2.24, 2.45) is 5.84 Å². The maximum atomic E-state index is 5.36. The van der Waals surface area contributed by atoms with Gasteiger partial charge in [-0.3, -0.25) is 5.43 Å². The molecule has 0 amide bonds.